The Morgan fingerprint density at radius 3 is 2.86 bits per heavy atom. The van der Waals surface area contributed by atoms with Gasteiger partial charge in [0.1, 0.15) is 0 Å². The number of hydrogen-bond donors (Lipinski definition) is 2. The molecule has 4 rings (SSSR count). The SMILES string of the molecule is O=C(NC1CC2CC1CN2)n1ccc(-c2ccccc2Cl)c1. The van der Waals surface area contributed by atoms with Gasteiger partial charge < -0.3 is 10.6 Å². The maximum atomic E-state index is 12.4. The second kappa shape index (κ2) is 5.45. The van der Waals surface area contributed by atoms with Crippen molar-refractivity contribution in [3.8, 4) is 11.1 Å². The number of aromatic nitrogens is 1. The van der Waals surface area contributed by atoms with Crippen molar-refractivity contribution < 1.29 is 4.79 Å². The quantitative estimate of drug-likeness (QED) is 0.894. The van der Waals surface area contributed by atoms with Gasteiger partial charge in [0.15, 0.2) is 0 Å². The van der Waals surface area contributed by atoms with Gasteiger partial charge in [-0.2, -0.15) is 0 Å². The third kappa shape index (κ3) is 2.42. The average molecular weight is 316 g/mol. The number of carbonyl (C=O) groups excluding carboxylic acids is 1. The van der Waals surface area contributed by atoms with Crippen molar-refractivity contribution in [3.05, 3.63) is 47.7 Å². The van der Waals surface area contributed by atoms with E-state index in [-0.39, 0.29) is 6.03 Å². The third-order valence-corrected chi connectivity index (χ3v) is 5.11. The summed E-state index contributed by atoms with van der Waals surface area (Å²) in [4.78, 5) is 12.4. The normalized spacial score (nSPS) is 26.3. The first-order chi connectivity index (χ1) is 10.7. The van der Waals surface area contributed by atoms with E-state index in [9.17, 15) is 4.79 Å². The Balaban J connectivity index is 1.49. The van der Waals surface area contributed by atoms with E-state index < -0.39 is 0 Å². The second-order valence-electron chi connectivity index (χ2n) is 6.18. The van der Waals surface area contributed by atoms with Gasteiger partial charge >= 0.3 is 6.03 Å². The summed E-state index contributed by atoms with van der Waals surface area (Å²) in [6, 6.07) is 10.4. The molecule has 3 unspecified atom stereocenters. The highest BCUT2D eigenvalue weighted by atomic mass is 35.5. The molecule has 2 bridgehead atoms. The second-order valence-corrected chi connectivity index (χ2v) is 6.59. The molecule has 22 heavy (non-hydrogen) atoms. The van der Waals surface area contributed by atoms with Crippen LogP contribution in [0.25, 0.3) is 11.1 Å². The van der Waals surface area contributed by atoms with Crippen LogP contribution in [-0.2, 0) is 0 Å². The van der Waals surface area contributed by atoms with Gasteiger partial charge in [-0.05, 0) is 30.9 Å². The lowest BCUT2D eigenvalue weighted by molar-refractivity contribution is 0.233. The average Bonchev–Trinajstić information content (AvgIpc) is 3.24. The standard InChI is InChI=1S/C17H18ClN3O/c18-15-4-2-1-3-14(15)11-5-6-21(10-11)17(22)20-16-8-13-7-12(16)9-19-13/h1-6,10,12-13,16,19H,7-9H2,(H,20,22). The molecule has 1 aromatic heterocycles. The van der Waals surface area contributed by atoms with Crippen LogP contribution in [0, 0.1) is 5.92 Å². The molecule has 1 saturated heterocycles. The highest BCUT2D eigenvalue weighted by Crippen LogP contribution is 2.31. The first-order valence-electron chi connectivity index (χ1n) is 7.68. The molecule has 5 heteroatoms. The summed E-state index contributed by atoms with van der Waals surface area (Å²) >= 11 is 6.21. The Morgan fingerprint density at radius 2 is 2.14 bits per heavy atom. The maximum absolute atomic E-state index is 12.4. The van der Waals surface area contributed by atoms with Crippen molar-refractivity contribution in [1.82, 2.24) is 15.2 Å². The Morgan fingerprint density at radius 1 is 1.27 bits per heavy atom. The van der Waals surface area contributed by atoms with Crippen LogP contribution < -0.4 is 10.6 Å². The van der Waals surface area contributed by atoms with Gasteiger partial charge in [0.05, 0.1) is 0 Å². The highest BCUT2D eigenvalue weighted by molar-refractivity contribution is 6.33. The van der Waals surface area contributed by atoms with E-state index in [2.05, 4.69) is 10.6 Å². The maximum Gasteiger partial charge on any atom is 0.325 e. The van der Waals surface area contributed by atoms with Gasteiger partial charge in [-0.3, -0.25) is 4.57 Å². The third-order valence-electron chi connectivity index (χ3n) is 4.78. The number of halogens is 1. The molecule has 2 aliphatic rings. The molecule has 1 aliphatic heterocycles. The van der Waals surface area contributed by atoms with Crippen LogP contribution in [0.15, 0.2) is 42.7 Å². The summed E-state index contributed by atoms with van der Waals surface area (Å²) in [7, 11) is 0. The van der Waals surface area contributed by atoms with Crippen LogP contribution >= 0.6 is 11.6 Å². The van der Waals surface area contributed by atoms with Gasteiger partial charge in [-0.15, -0.1) is 0 Å². The molecular formula is C17H18ClN3O. The minimum Gasteiger partial charge on any atom is -0.334 e. The largest absolute Gasteiger partial charge is 0.334 e. The summed E-state index contributed by atoms with van der Waals surface area (Å²) in [5.41, 5.74) is 1.90. The molecule has 2 heterocycles. The lowest BCUT2D eigenvalue weighted by Gasteiger charge is -2.23. The van der Waals surface area contributed by atoms with Crippen LogP contribution in [-0.4, -0.2) is 29.2 Å². The van der Waals surface area contributed by atoms with E-state index in [1.807, 2.05) is 36.5 Å². The van der Waals surface area contributed by atoms with Crippen molar-refractivity contribution in [1.29, 1.82) is 0 Å². The molecule has 3 atom stereocenters. The van der Waals surface area contributed by atoms with Gasteiger partial charge in [0, 0.05) is 47.2 Å². The Labute approximate surface area is 134 Å². The molecule has 0 spiro atoms. The van der Waals surface area contributed by atoms with Crippen LogP contribution in [0.3, 0.4) is 0 Å². The van der Waals surface area contributed by atoms with E-state index in [1.165, 1.54) is 6.42 Å². The number of piperidine rings is 1. The number of nitrogens with one attached hydrogen (secondary N) is 2. The van der Waals surface area contributed by atoms with Gasteiger partial charge in [-0.1, -0.05) is 29.8 Å². The number of carbonyl (C=O) groups is 1. The van der Waals surface area contributed by atoms with Crippen LogP contribution in [0.2, 0.25) is 5.02 Å². The predicted molar refractivity (Wildman–Crippen MR) is 87.1 cm³/mol. The van der Waals surface area contributed by atoms with Crippen LogP contribution in [0.1, 0.15) is 12.8 Å². The fourth-order valence-corrected chi connectivity index (χ4v) is 3.87. The number of benzene rings is 1. The minimum absolute atomic E-state index is 0.0594. The Kier molecular flexibility index (Phi) is 3.43. The Hall–Kier alpha value is -1.78. The van der Waals surface area contributed by atoms with E-state index in [1.54, 1.807) is 10.8 Å². The lowest BCUT2D eigenvalue weighted by Crippen LogP contribution is -2.45. The van der Waals surface area contributed by atoms with E-state index in [0.29, 0.717) is 23.0 Å². The van der Waals surface area contributed by atoms with E-state index in [4.69, 9.17) is 11.6 Å². The number of hydrogen-bond acceptors (Lipinski definition) is 2. The zero-order chi connectivity index (χ0) is 15.1. The number of amides is 1. The Bertz CT molecular complexity index is 711. The van der Waals surface area contributed by atoms with Crippen molar-refractivity contribution in [2.75, 3.05) is 6.54 Å². The van der Waals surface area contributed by atoms with Gasteiger partial charge in [-0.25, -0.2) is 4.79 Å². The summed E-state index contributed by atoms with van der Waals surface area (Å²) < 4.78 is 1.61. The topological polar surface area (TPSA) is 46.1 Å². The number of rotatable bonds is 2. The van der Waals surface area contributed by atoms with Crippen molar-refractivity contribution in [3.63, 3.8) is 0 Å². The predicted octanol–water partition coefficient (Wildman–Crippen LogP) is 3.12. The molecule has 1 amide bonds. The molecule has 1 aliphatic carbocycles. The highest BCUT2D eigenvalue weighted by Gasteiger charge is 2.40. The molecular weight excluding hydrogens is 298 g/mol. The van der Waals surface area contributed by atoms with Crippen LogP contribution in [0.4, 0.5) is 4.79 Å². The van der Waals surface area contributed by atoms with Crippen molar-refractivity contribution in [2.24, 2.45) is 5.92 Å². The number of nitrogens with zero attached hydrogens (tertiary/aromatic N) is 1. The van der Waals surface area contributed by atoms with Gasteiger partial charge in [0.2, 0.25) is 0 Å². The van der Waals surface area contributed by atoms with E-state index >= 15 is 0 Å². The summed E-state index contributed by atoms with van der Waals surface area (Å²) in [6.45, 7) is 1.02. The molecule has 2 N–H and O–H groups in total. The molecule has 0 radical (unpaired) electrons. The lowest BCUT2D eigenvalue weighted by atomic mass is 10.0. The fourth-order valence-electron chi connectivity index (χ4n) is 3.62. The molecule has 2 fully saturated rings. The monoisotopic (exact) mass is 315 g/mol. The zero-order valence-electron chi connectivity index (χ0n) is 12.1. The number of fused-ring (bicyclic) bond motifs is 2. The first kappa shape index (κ1) is 13.9. The minimum atomic E-state index is -0.0594. The van der Waals surface area contributed by atoms with Crippen LogP contribution in [0.5, 0.6) is 0 Å². The summed E-state index contributed by atoms with van der Waals surface area (Å²) in [5, 5.41) is 7.31. The molecule has 2 aromatic rings. The smallest absolute Gasteiger partial charge is 0.325 e. The summed E-state index contributed by atoms with van der Waals surface area (Å²) in [6.07, 6.45) is 5.85. The van der Waals surface area contributed by atoms with Gasteiger partial charge in [0.25, 0.3) is 0 Å². The van der Waals surface area contributed by atoms with Crippen molar-refractivity contribution >= 4 is 17.6 Å². The first-order valence-corrected chi connectivity index (χ1v) is 8.05. The molecule has 1 saturated carbocycles. The van der Waals surface area contributed by atoms with Crippen molar-refractivity contribution in [2.45, 2.75) is 24.9 Å². The van der Waals surface area contributed by atoms with E-state index in [0.717, 1.165) is 24.1 Å². The fraction of sp³-hybridized carbons (Fsp3) is 0.353. The molecule has 114 valence electrons. The molecule has 1 aromatic carbocycles. The zero-order valence-corrected chi connectivity index (χ0v) is 12.9. The molecule has 4 nitrogen and oxygen atoms in total. The summed E-state index contributed by atoms with van der Waals surface area (Å²) in [5.74, 6) is 0.576.